The number of sulfonamides is 1. The zero-order chi connectivity index (χ0) is 31.1. The summed E-state index contributed by atoms with van der Waals surface area (Å²) in [6.45, 7) is 5.77. The zero-order valence-corrected chi connectivity index (χ0v) is 26.7. The molecule has 0 radical (unpaired) electrons. The highest BCUT2D eigenvalue weighted by molar-refractivity contribution is 7.89. The lowest BCUT2D eigenvalue weighted by atomic mass is 9.69. The second-order valence-electron chi connectivity index (χ2n) is 12.9. The first kappa shape index (κ1) is 31.6. The van der Waals surface area contributed by atoms with Gasteiger partial charge in [-0.15, -0.1) is 0 Å². The fourth-order valence-corrected chi connectivity index (χ4v) is 7.96. The van der Waals surface area contributed by atoms with Gasteiger partial charge in [-0.3, -0.25) is 4.79 Å². The molecule has 0 saturated heterocycles. The van der Waals surface area contributed by atoms with Crippen molar-refractivity contribution in [2.75, 3.05) is 38.2 Å². The fraction of sp³-hybridized carbons (Fsp3) is 0.562. The molecule has 1 spiro atoms. The Bertz CT molecular complexity index is 1500. The third-order valence-corrected chi connectivity index (χ3v) is 11.8. The number of anilines is 1. The number of rotatable bonds is 9. The van der Waals surface area contributed by atoms with Crippen LogP contribution in [0.25, 0.3) is 0 Å². The van der Waals surface area contributed by atoms with E-state index < -0.39 is 21.2 Å². The smallest absolute Gasteiger partial charge is 0.335 e. The number of benzene rings is 2. The van der Waals surface area contributed by atoms with Crippen LogP contribution < -0.4 is 14.8 Å². The minimum Gasteiger partial charge on any atom is -0.490 e. The number of hydrogen-bond acceptors (Lipinski definition) is 6. The molecule has 11 heteroatoms. The van der Waals surface area contributed by atoms with Gasteiger partial charge in [0.2, 0.25) is 15.9 Å². The van der Waals surface area contributed by atoms with Crippen LogP contribution in [0.5, 0.6) is 5.75 Å². The molecule has 5 atom stereocenters. The molecule has 1 aliphatic heterocycles. The molecule has 1 fully saturated rings. The Labute approximate surface area is 259 Å². The summed E-state index contributed by atoms with van der Waals surface area (Å²) >= 11 is 6.37. The summed E-state index contributed by atoms with van der Waals surface area (Å²) in [7, 11) is -1.94. The number of amides is 1. The van der Waals surface area contributed by atoms with E-state index in [2.05, 4.69) is 17.0 Å². The number of hydrogen-bond donors (Lipinski definition) is 2. The van der Waals surface area contributed by atoms with E-state index in [1.807, 2.05) is 6.07 Å². The molecular formula is C32H42ClN3O6S. The van der Waals surface area contributed by atoms with Crippen LogP contribution in [0.2, 0.25) is 5.02 Å². The average Bonchev–Trinajstić information content (AvgIpc) is 3.09. The van der Waals surface area contributed by atoms with Crippen molar-refractivity contribution in [2.24, 2.45) is 22.9 Å². The maximum atomic E-state index is 13.0. The van der Waals surface area contributed by atoms with E-state index in [4.69, 9.17) is 21.5 Å². The van der Waals surface area contributed by atoms with Gasteiger partial charge < -0.3 is 19.6 Å². The van der Waals surface area contributed by atoms with Crippen molar-refractivity contribution in [1.82, 2.24) is 4.90 Å². The van der Waals surface area contributed by atoms with Gasteiger partial charge >= 0.3 is 5.97 Å². The van der Waals surface area contributed by atoms with E-state index in [1.54, 1.807) is 44.0 Å². The Balaban J connectivity index is 1.36. The third-order valence-electron chi connectivity index (χ3n) is 10.1. The van der Waals surface area contributed by atoms with Crippen molar-refractivity contribution in [3.63, 3.8) is 0 Å². The number of nitrogens with zero attached hydrogens (tertiary/aromatic N) is 2. The summed E-state index contributed by atoms with van der Waals surface area (Å²) < 4.78 is 30.0. The van der Waals surface area contributed by atoms with E-state index in [1.165, 1.54) is 11.1 Å². The number of aryl methyl sites for hydroxylation is 1. The molecule has 0 aromatic heterocycles. The third kappa shape index (κ3) is 6.66. The van der Waals surface area contributed by atoms with E-state index in [-0.39, 0.29) is 35.1 Å². The lowest BCUT2D eigenvalue weighted by molar-refractivity contribution is -0.132. The van der Waals surface area contributed by atoms with Crippen molar-refractivity contribution in [3.8, 4) is 5.75 Å². The maximum Gasteiger partial charge on any atom is 0.335 e. The molecule has 0 bridgehead atoms. The summed E-state index contributed by atoms with van der Waals surface area (Å²) in [5.41, 5.74) is 3.24. The van der Waals surface area contributed by atoms with Gasteiger partial charge in [0.15, 0.2) is 0 Å². The first-order chi connectivity index (χ1) is 20.3. The minimum atomic E-state index is -3.71. The molecule has 1 unspecified atom stereocenters. The highest BCUT2D eigenvalue weighted by atomic mass is 35.5. The highest BCUT2D eigenvalue weighted by Crippen LogP contribution is 2.46. The van der Waals surface area contributed by atoms with Crippen LogP contribution in [0.15, 0.2) is 36.4 Å². The molecule has 1 saturated carbocycles. The number of carboxylic acids is 1. The average molecular weight is 632 g/mol. The summed E-state index contributed by atoms with van der Waals surface area (Å²) in [4.78, 5) is 29.0. The van der Waals surface area contributed by atoms with Crippen LogP contribution in [-0.4, -0.2) is 68.8 Å². The molecule has 3 N–H and O–H groups in total. The van der Waals surface area contributed by atoms with Crippen LogP contribution in [-0.2, 0) is 26.7 Å². The number of fused-ring (bicyclic) bond motifs is 3. The number of halogens is 1. The van der Waals surface area contributed by atoms with Gasteiger partial charge in [-0.05, 0) is 98.2 Å². The number of carboxylic acid groups (broad SMARTS) is 1. The molecular weight excluding hydrogens is 590 g/mol. The second kappa shape index (κ2) is 12.3. The van der Waals surface area contributed by atoms with E-state index in [0.717, 1.165) is 49.4 Å². The van der Waals surface area contributed by atoms with Crippen molar-refractivity contribution < 1.29 is 27.9 Å². The summed E-state index contributed by atoms with van der Waals surface area (Å²) in [5, 5.41) is 15.0. The van der Waals surface area contributed by atoms with Gasteiger partial charge in [-0.2, -0.15) is 0 Å². The summed E-state index contributed by atoms with van der Waals surface area (Å²) in [6, 6.07) is 11.2. The Morgan fingerprint density at radius 2 is 1.93 bits per heavy atom. The van der Waals surface area contributed by atoms with Gasteiger partial charge in [0.05, 0.1) is 23.1 Å². The summed E-state index contributed by atoms with van der Waals surface area (Å²) in [6.07, 6.45) is 5.06. The standard InChI is InChI=1S/C32H42ClN3O6S/c1-20(21(2)43(34,40)41)13-30(37)35(3)16-24-6-7-25(24)17-36-18-32(12-4-5-22-14-26(33)9-10-27(22)32)19-42-29-11-8-23(31(38)39)15-28(29)36/h8-11,14-15,20-21,24-25H,4-7,12-13,16-19H2,1-3H3,(H,38,39)(H2,34,40,41)/t20-,21-,24-,25-,32?/m0/s1. The number of primary sulfonamides is 1. The minimum absolute atomic E-state index is 0.0929. The van der Waals surface area contributed by atoms with Crippen molar-refractivity contribution in [1.29, 1.82) is 0 Å². The van der Waals surface area contributed by atoms with Crippen LogP contribution in [0.1, 0.15) is 67.4 Å². The number of carbonyl (C=O) groups excluding carboxylic acids is 1. The Kier molecular flexibility index (Phi) is 9.03. The molecule has 1 heterocycles. The zero-order valence-electron chi connectivity index (χ0n) is 25.1. The quantitative estimate of drug-likeness (QED) is 0.410. The Morgan fingerprint density at radius 1 is 1.19 bits per heavy atom. The van der Waals surface area contributed by atoms with Gasteiger partial charge in [-0.25, -0.2) is 18.4 Å². The maximum absolute atomic E-state index is 13.0. The SMILES string of the molecule is C[C@@H](CC(=O)N(C)C[C@@H]1CC[C@H]1CN1CC2(CCCc3cc(Cl)ccc32)COc2ccc(C(=O)O)cc21)[C@H](C)S(N)(=O)=O. The van der Waals surface area contributed by atoms with Gasteiger partial charge in [0, 0.05) is 43.5 Å². The largest absolute Gasteiger partial charge is 0.490 e. The first-order valence-corrected chi connectivity index (χ1v) is 17.1. The molecule has 2 aromatic carbocycles. The van der Waals surface area contributed by atoms with Crippen LogP contribution in [0.3, 0.4) is 0 Å². The van der Waals surface area contributed by atoms with E-state index in [9.17, 15) is 23.1 Å². The number of carbonyl (C=O) groups is 2. The van der Waals surface area contributed by atoms with Crippen molar-refractivity contribution in [2.45, 2.75) is 63.0 Å². The van der Waals surface area contributed by atoms with E-state index >= 15 is 0 Å². The van der Waals surface area contributed by atoms with Crippen LogP contribution >= 0.6 is 11.6 Å². The molecule has 5 rings (SSSR count). The lowest BCUT2D eigenvalue weighted by Crippen LogP contribution is -2.49. The van der Waals surface area contributed by atoms with Gasteiger partial charge in [-0.1, -0.05) is 24.6 Å². The van der Waals surface area contributed by atoms with Crippen LogP contribution in [0.4, 0.5) is 5.69 Å². The summed E-state index contributed by atoms with van der Waals surface area (Å²) in [5.74, 6) is -0.186. The Morgan fingerprint density at radius 3 is 2.60 bits per heavy atom. The molecule has 43 heavy (non-hydrogen) atoms. The monoisotopic (exact) mass is 631 g/mol. The van der Waals surface area contributed by atoms with Gasteiger partial charge in [0.25, 0.3) is 0 Å². The molecule has 1 amide bonds. The number of aromatic carboxylic acids is 1. The highest BCUT2D eigenvalue weighted by Gasteiger charge is 2.43. The normalized spacial score (nSPS) is 24.5. The molecule has 3 aliphatic rings. The molecule has 2 aromatic rings. The fourth-order valence-electron chi connectivity index (χ4n) is 7.02. The van der Waals surface area contributed by atoms with Gasteiger partial charge in [0.1, 0.15) is 5.75 Å². The Hall–Kier alpha value is -2.82. The van der Waals surface area contributed by atoms with Crippen molar-refractivity contribution >= 4 is 39.2 Å². The first-order valence-electron chi connectivity index (χ1n) is 15.1. The molecule has 9 nitrogen and oxygen atoms in total. The number of ether oxygens (including phenoxy) is 1. The van der Waals surface area contributed by atoms with Crippen molar-refractivity contribution in [3.05, 3.63) is 58.1 Å². The predicted molar refractivity (Wildman–Crippen MR) is 167 cm³/mol. The molecule has 2 aliphatic carbocycles. The topological polar surface area (TPSA) is 130 Å². The second-order valence-corrected chi connectivity index (χ2v) is 15.3. The number of nitrogens with two attached hydrogens (primary N) is 1. The predicted octanol–water partition coefficient (Wildman–Crippen LogP) is 4.70. The van der Waals surface area contributed by atoms with E-state index in [0.29, 0.717) is 31.4 Å². The molecule has 234 valence electrons. The van der Waals surface area contributed by atoms with Crippen LogP contribution in [0, 0.1) is 17.8 Å². The lowest BCUT2D eigenvalue weighted by Gasteiger charge is -2.45.